The molecule has 0 heterocycles. The minimum Gasteiger partial charge on any atom is -0.288 e. The number of carbonyl (C=O) groups is 2. The quantitative estimate of drug-likeness (QED) is 0.337. The Bertz CT molecular complexity index is 769. The number of nitrogens with zero attached hydrogens (tertiary/aromatic N) is 1. The van der Waals surface area contributed by atoms with Crippen LogP contribution in [0, 0.1) is 0 Å². The SMILES string of the molecule is O=C(/C=C/c1ccc(/C=N/NC(=O)c2ccc(Cl)cc2)cc1)NO. The topological polar surface area (TPSA) is 90.8 Å². The molecule has 122 valence electrons. The molecule has 0 radical (unpaired) electrons. The van der Waals surface area contributed by atoms with Crippen molar-refractivity contribution in [3.8, 4) is 0 Å². The summed E-state index contributed by atoms with van der Waals surface area (Å²) in [6, 6.07) is 13.6. The Morgan fingerprint density at radius 2 is 1.62 bits per heavy atom. The second kappa shape index (κ2) is 8.61. The number of hydrazone groups is 1. The minimum absolute atomic E-state index is 0.336. The summed E-state index contributed by atoms with van der Waals surface area (Å²) >= 11 is 5.76. The lowest BCUT2D eigenvalue weighted by Gasteiger charge is -2.00. The van der Waals surface area contributed by atoms with Crippen LogP contribution in [-0.4, -0.2) is 23.2 Å². The summed E-state index contributed by atoms with van der Waals surface area (Å²) in [6.07, 6.45) is 4.26. The van der Waals surface area contributed by atoms with E-state index in [1.807, 2.05) is 0 Å². The standard InChI is InChI=1S/C17H14ClN3O3/c18-15-8-6-14(7-9-15)17(23)20-19-11-13-3-1-12(2-4-13)5-10-16(22)21-24/h1-11,24H,(H,20,23)(H,21,22)/b10-5+,19-11+. The largest absolute Gasteiger partial charge is 0.288 e. The van der Waals surface area contributed by atoms with Crippen LogP contribution in [-0.2, 0) is 4.79 Å². The zero-order valence-electron chi connectivity index (χ0n) is 12.4. The molecule has 2 amide bonds. The van der Waals surface area contributed by atoms with Gasteiger partial charge >= 0.3 is 0 Å². The number of hydroxylamine groups is 1. The van der Waals surface area contributed by atoms with E-state index in [4.69, 9.17) is 16.8 Å². The van der Waals surface area contributed by atoms with E-state index in [1.54, 1.807) is 54.6 Å². The Morgan fingerprint density at radius 3 is 2.25 bits per heavy atom. The number of rotatable bonds is 5. The first-order valence-electron chi connectivity index (χ1n) is 6.89. The first-order chi connectivity index (χ1) is 11.6. The van der Waals surface area contributed by atoms with Gasteiger partial charge in [0.15, 0.2) is 0 Å². The van der Waals surface area contributed by atoms with Crippen molar-refractivity contribution in [2.24, 2.45) is 5.10 Å². The number of nitrogens with one attached hydrogen (secondary N) is 2. The van der Waals surface area contributed by atoms with Crippen LogP contribution >= 0.6 is 11.6 Å². The molecular formula is C17H14ClN3O3. The molecule has 0 unspecified atom stereocenters. The van der Waals surface area contributed by atoms with Crippen molar-refractivity contribution < 1.29 is 14.8 Å². The maximum absolute atomic E-state index is 11.8. The highest BCUT2D eigenvalue weighted by Gasteiger charge is 2.02. The normalized spacial score (nSPS) is 10.9. The second-order valence-electron chi connectivity index (χ2n) is 4.68. The summed E-state index contributed by atoms with van der Waals surface area (Å²) in [4.78, 5) is 22.7. The molecule has 7 heteroatoms. The first kappa shape index (κ1) is 17.4. The molecule has 0 aromatic heterocycles. The van der Waals surface area contributed by atoms with E-state index in [2.05, 4.69) is 10.5 Å². The van der Waals surface area contributed by atoms with E-state index >= 15 is 0 Å². The molecule has 0 saturated carbocycles. The van der Waals surface area contributed by atoms with Crippen molar-refractivity contribution in [3.05, 3.63) is 76.3 Å². The highest BCUT2D eigenvalue weighted by Crippen LogP contribution is 2.09. The molecule has 6 nitrogen and oxygen atoms in total. The number of hydrogen-bond donors (Lipinski definition) is 3. The van der Waals surface area contributed by atoms with Crippen molar-refractivity contribution in [2.45, 2.75) is 0 Å². The van der Waals surface area contributed by atoms with Gasteiger partial charge in [0.05, 0.1) is 6.21 Å². The Kier molecular flexibility index (Phi) is 6.24. The summed E-state index contributed by atoms with van der Waals surface area (Å²) in [5.74, 6) is -0.942. The van der Waals surface area contributed by atoms with Crippen LogP contribution in [0.15, 0.2) is 59.7 Å². The van der Waals surface area contributed by atoms with E-state index in [0.29, 0.717) is 10.6 Å². The summed E-state index contributed by atoms with van der Waals surface area (Å²) in [6.45, 7) is 0. The highest BCUT2D eigenvalue weighted by atomic mass is 35.5. The maximum atomic E-state index is 11.8. The molecule has 0 saturated heterocycles. The number of amides is 2. The van der Waals surface area contributed by atoms with Gasteiger partial charge in [0.2, 0.25) is 0 Å². The first-order valence-corrected chi connectivity index (χ1v) is 7.27. The number of halogens is 1. The molecular weight excluding hydrogens is 330 g/mol. The third kappa shape index (κ3) is 5.35. The molecule has 0 bridgehead atoms. The van der Waals surface area contributed by atoms with Crippen molar-refractivity contribution in [2.75, 3.05) is 0 Å². The lowest BCUT2D eigenvalue weighted by Crippen LogP contribution is -2.17. The van der Waals surface area contributed by atoms with E-state index < -0.39 is 5.91 Å². The zero-order chi connectivity index (χ0) is 17.4. The van der Waals surface area contributed by atoms with Crippen LogP contribution in [0.4, 0.5) is 0 Å². The predicted molar refractivity (Wildman–Crippen MR) is 91.9 cm³/mol. The van der Waals surface area contributed by atoms with Gasteiger partial charge < -0.3 is 0 Å². The molecule has 0 aliphatic heterocycles. The smallest absolute Gasteiger partial charge is 0.271 e. The predicted octanol–water partition coefficient (Wildman–Crippen LogP) is 2.62. The van der Waals surface area contributed by atoms with Crippen LogP contribution in [0.25, 0.3) is 6.08 Å². The summed E-state index contributed by atoms with van der Waals surface area (Å²) in [7, 11) is 0. The van der Waals surface area contributed by atoms with Gasteiger partial charge in [-0.1, -0.05) is 35.9 Å². The third-order valence-corrected chi connectivity index (χ3v) is 3.21. The van der Waals surface area contributed by atoms with Gasteiger partial charge in [-0.25, -0.2) is 10.9 Å². The van der Waals surface area contributed by atoms with Crippen LogP contribution in [0.2, 0.25) is 5.02 Å². The monoisotopic (exact) mass is 343 g/mol. The molecule has 0 fully saturated rings. The van der Waals surface area contributed by atoms with Crippen molar-refractivity contribution in [1.82, 2.24) is 10.9 Å². The molecule has 0 spiro atoms. The zero-order valence-corrected chi connectivity index (χ0v) is 13.2. The Labute approximate surface area is 143 Å². The molecule has 0 atom stereocenters. The molecule has 2 aromatic carbocycles. The van der Waals surface area contributed by atoms with Gasteiger partial charge in [-0.2, -0.15) is 5.10 Å². The van der Waals surface area contributed by atoms with Gasteiger partial charge in [0, 0.05) is 16.7 Å². The molecule has 0 aliphatic rings. The van der Waals surface area contributed by atoms with Crippen molar-refractivity contribution in [1.29, 1.82) is 0 Å². The van der Waals surface area contributed by atoms with Crippen molar-refractivity contribution >= 4 is 35.7 Å². The molecule has 2 rings (SSSR count). The van der Waals surface area contributed by atoms with E-state index in [0.717, 1.165) is 11.1 Å². The van der Waals surface area contributed by atoms with Crippen LogP contribution in [0.1, 0.15) is 21.5 Å². The lowest BCUT2D eigenvalue weighted by atomic mass is 10.1. The highest BCUT2D eigenvalue weighted by molar-refractivity contribution is 6.30. The van der Waals surface area contributed by atoms with Gasteiger partial charge in [-0.3, -0.25) is 14.8 Å². The third-order valence-electron chi connectivity index (χ3n) is 2.96. The number of benzene rings is 2. The second-order valence-corrected chi connectivity index (χ2v) is 5.12. The average Bonchev–Trinajstić information content (AvgIpc) is 2.61. The number of carbonyl (C=O) groups excluding carboxylic acids is 2. The van der Waals surface area contributed by atoms with Gasteiger partial charge in [0.25, 0.3) is 11.8 Å². The fourth-order valence-electron chi connectivity index (χ4n) is 1.73. The fourth-order valence-corrected chi connectivity index (χ4v) is 1.86. The van der Waals surface area contributed by atoms with Crippen molar-refractivity contribution in [3.63, 3.8) is 0 Å². The van der Waals surface area contributed by atoms with E-state index in [-0.39, 0.29) is 5.91 Å². The lowest BCUT2D eigenvalue weighted by molar-refractivity contribution is -0.124. The molecule has 0 aliphatic carbocycles. The van der Waals surface area contributed by atoms with E-state index in [9.17, 15) is 9.59 Å². The van der Waals surface area contributed by atoms with Gasteiger partial charge in [0.1, 0.15) is 0 Å². The summed E-state index contributed by atoms with van der Waals surface area (Å²) in [5.41, 5.74) is 5.94. The summed E-state index contributed by atoms with van der Waals surface area (Å²) in [5, 5.41) is 12.8. The number of hydrogen-bond acceptors (Lipinski definition) is 4. The van der Waals surface area contributed by atoms with E-state index in [1.165, 1.54) is 17.8 Å². The minimum atomic E-state index is -0.606. The Hall–Kier alpha value is -2.96. The average molecular weight is 344 g/mol. The van der Waals surface area contributed by atoms with Crippen LogP contribution in [0.3, 0.4) is 0 Å². The molecule has 24 heavy (non-hydrogen) atoms. The maximum Gasteiger partial charge on any atom is 0.271 e. The Morgan fingerprint density at radius 1 is 1.00 bits per heavy atom. The molecule has 2 aromatic rings. The Balaban J connectivity index is 1.92. The molecule has 3 N–H and O–H groups in total. The van der Waals surface area contributed by atoms with Crippen LogP contribution < -0.4 is 10.9 Å². The summed E-state index contributed by atoms with van der Waals surface area (Å²) < 4.78 is 0. The van der Waals surface area contributed by atoms with Crippen LogP contribution in [0.5, 0.6) is 0 Å². The van der Waals surface area contributed by atoms with Gasteiger partial charge in [-0.05, 0) is 41.5 Å². The van der Waals surface area contributed by atoms with Gasteiger partial charge in [-0.15, -0.1) is 0 Å². The fraction of sp³-hybridized carbons (Fsp3) is 0.